The van der Waals surface area contributed by atoms with Gasteiger partial charge in [0.25, 0.3) is 0 Å². The summed E-state index contributed by atoms with van der Waals surface area (Å²) in [4.78, 5) is 2.43. The van der Waals surface area contributed by atoms with Crippen LogP contribution >= 0.6 is 0 Å². The van der Waals surface area contributed by atoms with E-state index in [-0.39, 0.29) is 0 Å². The first-order valence-corrected chi connectivity index (χ1v) is 5.97. The molecule has 0 aromatic heterocycles. The third kappa shape index (κ3) is 2.67. The minimum Gasteiger partial charge on any atom is -0.398 e. The molecule has 0 saturated heterocycles. The fourth-order valence-electron chi connectivity index (χ4n) is 1.91. The Morgan fingerprint density at radius 1 is 1.44 bits per heavy atom. The maximum atomic E-state index is 5.86. The summed E-state index contributed by atoms with van der Waals surface area (Å²) >= 11 is 0. The minimum atomic E-state index is 0.837. The van der Waals surface area contributed by atoms with Crippen LogP contribution in [-0.2, 0) is 0 Å². The van der Waals surface area contributed by atoms with Gasteiger partial charge in [-0.1, -0.05) is 6.07 Å². The van der Waals surface area contributed by atoms with E-state index in [9.17, 15) is 0 Å². The smallest absolute Gasteiger partial charge is 0.0391 e. The summed E-state index contributed by atoms with van der Waals surface area (Å²) in [6.45, 7) is 4.14. The molecule has 0 unspecified atom stereocenters. The third-order valence-electron chi connectivity index (χ3n) is 3.33. The van der Waals surface area contributed by atoms with E-state index in [2.05, 4.69) is 30.3 Å². The maximum absolute atomic E-state index is 5.86. The molecule has 88 valence electrons. The van der Waals surface area contributed by atoms with E-state index in [1.807, 2.05) is 12.1 Å². The van der Waals surface area contributed by atoms with E-state index in [4.69, 9.17) is 5.73 Å². The first kappa shape index (κ1) is 11.3. The number of nitrogens with one attached hydrogen (secondary N) is 1. The van der Waals surface area contributed by atoms with E-state index in [0.717, 1.165) is 36.1 Å². The van der Waals surface area contributed by atoms with Crippen LogP contribution in [0.15, 0.2) is 18.2 Å². The largest absolute Gasteiger partial charge is 0.398 e. The third-order valence-corrected chi connectivity index (χ3v) is 3.33. The van der Waals surface area contributed by atoms with Gasteiger partial charge in [0.05, 0.1) is 0 Å². The summed E-state index contributed by atoms with van der Waals surface area (Å²) in [7, 11) is 2.20. The number of hydrogen-bond donors (Lipinski definition) is 2. The zero-order valence-corrected chi connectivity index (χ0v) is 10.2. The predicted molar refractivity (Wildman–Crippen MR) is 69.7 cm³/mol. The molecule has 1 aliphatic carbocycles. The van der Waals surface area contributed by atoms with Crippen LogP contribution in [0.2, 0.25) is 0 Å². The Bertz CT molecular complexity index is 358. The molecule has 0 radical (unpaired) electrons. The van der Waals surface area contributed by atoms with Gasteiger partial charge in [-0.15, -0.1) is 0 Å². The Labute approximate surface area is 97.6 Å². The molecule has 0 amide bonds. The molecule has 0 bridgehead atoms. The van der Waals surface area contributed by atoms with Gasteiger partial charge in [0.15, 0.2) is 0 Å². The lowest BCUT2D eigenvalue weighted by atomic mass is 10.1. The van der Waals surface area contributed by atoms with E-state index in [0.29, 0.717) is 0 Å². The first-order chi connectivity index (χ1) is 7.68. The van der Waals surface area contributed by atoms with Crippen molar-refractivity contribution in [3.05, 3.63) is 23.8 Å². The Hall–Kier alpha value is -1.22. The quantitative estimate of drug-likeness (QED) is 0.745. The Kier molecular flexibility index (Phi) is 3.34. The number of hydrogen-bond acceptors (Lipinski definition) is 3. The monoisotopic (exact) mass is 219 g/mol. The van der Waals surface area contributed by atoms with Gasteiger partial charge in [-0.3, -0.25) is 0 Å². The summed E-state index contributed by atoms with van der Waals surface area (Å²) in [6.07, 6.45) is 2.74. The number of nitrogen functional groups attached to an aromatic ring is 1. The van der Waals surface area contributed by atoms with Crippen LogP contribution in [0.5, 0.6) is 0 Å². The zero-order valence-electron chi connectivity index (χ0n) is 10.2. The fraction of sp³-hybridized carbons (Fsp3) is 0.538. The average Bonchev–Trinajstić information content (AvgIpc) is 3.07. The van der Waals surface area contributed by atoms with Crippen LogP contribution in [0, 0.1) is 6.92 Å². The molecular formula is C13H21N3. The molecule has 16 heavy (non-hydrogen) atoms. The SMILES string of the molecule is Cc1c(N)cccc1NCCN(C)C1CC1. The number of nitrogens with two attached hydrogens (primary N) is 1. The van der Waals surface area contributed by atoms with Crippen molar-refractivity contribution in [1.82, 2.24) is 4.90 Å². The molecule has 3 N–H and O–H groups in total. The van der Waals surface area contributed by atoms with Gasteiger partial charge < -0.3 is 16.0 Å². The van der Waals surface area contributed by atoms with Crippen molar-refractivity contribution in [1.29, 1.82) is 0 Å². The summed E-state index contributed by atoms with van der Waals surface area (Å²) in [5.74, 6) is 0. The highest BCUT2D eigenvalue weighted by atomic mass is 15.2. The number of rotatable bonds is 5. The number of nitrogens with zero attached hydrogens (tertiary/aromatic N) is 1. The number of benzene rings is 1. The minimum absolute atomic E-state index is 0.837. The van der Waals surface area contributed by atoms with Gasteiger partial charge in [0.2, 0.25) is 0 Å². The van der Waals surface area contributed by atoms with Gasteiger partial charge >= 0.3 is 0 Å². The molecule has 0 atom stereocenters. The second-order valence-electron chi connectivity index (χ2n) is 4.66. The maximum Gasteiger partial charge on any atom is 0.0391 e. The molecule has 3 heteroatoms. The zero-order chi connectivity index (χ0) is 11.5. The van der Waals surface area contributed by atoms with Crippen LogP contribution in [-0.4, -0.2) is 31.1 Å². The van der Waals surface area contributed by atoms with Gasteiger partial charge in [0, 0.05) is 30.5 Å². The average molecular weight is 219 g/mol. The fourth-order valence-corrected chi connectivity index (χ4v) is 1.91. The number of anilines is 2. The first-order valence-electron chi connectivity index (χ1n) is 5.97. The highest BCUT2D eigenvalue weighted by Gasteiger charge is 2.25. The van der Waals surface area contributed by atoms with Gasteiger partial charge in [-0.25, -0.2) is 0 Å². The van der Waals surface area contributed by atoms with E-state index < -0.39 is 0 Å². The Balaban J connectivity index is 1.82. The Morgan fingerprint density at radius 3 is 2.88 bits per heavy atom. The van der Waals surface area contributed by atoms with E-state index in [1.54, 1.807) is 0 Å². The second-order valence-corrected chi connectivity index (χ2v) is 4.66. The van der Waals surface area contributed by atoms with Gasteiger partial charge in [0.1, 0.15) is 0 Å². The van der Waals surface area contributed by atoms with Crippen LogP contribution in [0.25, 0.3) is 0 Å². The molecule has 1 saturated carbocycles. The Morgan fingerprint density at radius 2 is 2.19 bits per heavy atom. The second kappa shape index (κ2) is 4.74. The highest BCUT2D eigenvalue weighted by Crippen LogP contribution is 2.25. The molecule has 0 heterocycles. The lowest BCUT2D eigenvalue weighted by Crippen LogP contribution is -2.27. The topological polar surface area (TPSA) is 41.3 Å². The molecule has 1 aromatic rings. The summed E-state index contributed by atoms with van der Waals surface area (Å²) in [6, 6.07) is 6.86. The molecule has 2 rings (SSSR count). The van der Waals surface area contributed by atoms with Crippen molar-refractivity contribution < 1.29 is 0 Å². The molecule has 0 aliphatic heterocycles. The van der Waals surface area contributed by atoms with Crippen molar-refractivity contribution >= 4 is 11.4 Å². The summed E-state index contributed by atoms with van der Waals surface area (Å²) < 4.78 is 0. The lowest BCUT2D eigenvalue weighted by Gasteiger charge is -2.17. The van der Waals surface area contributed by atoms with Crippen molar-refractivity contribution in [2.24, 2.45) is 0 Å². The molecule has 1 aromatic carbocycles. The van der Waals surface area contributed by atoms with Gasteiger partial charge in [-0.2, -0.15) is 0 Å². The summed E-state index contributed by atoms with van der Waals surface area (Å²) in [5, 5.41) is 3.45. The molecule has 1 fully saturated rings. The van der Waals surface area contributed by atoms with E-state index in [1.165, 1.54) is 12.8 Å². The van der Waals surface area contributed by atoms with E-state index >= 15 is 0 Å². The molecule has 0 spiro atoms. The highest BCUT2D eigenvalue weighted by molar-refractivity contribution is 5.62. The number of likely N-dealkylation sites (N-methyl/N-ethyl adjacent to an activating group) is 1. The molecule has 1 aliphatic rings. The van der Waals surface area contributed by atoms with Crippen LogP contribution in [0.3, 0.4) is 0 Å². The van der Waals surface area contributed by atoms with Crippen LogP contribution < -0.4 is 11.1 Å². The summed E-state index contributed by atoms with van der Waals surface area (Å²) in [5.41, 5.74) is 9.03. The predicted octanol–water partition coefficient (Wildman–Crippen LogP) is 2.08. The van der Waals surface area contributed by atoms with Crippen molar-refractivity contribution in [2.75, 3.05) is 31.2 Å². The van der Waals surface area contributed by atoms with Crippen molar-refractivity contribution in [3.8, 4) is 0 Å². The van der Waals surface area contributed by atoms with Crippen molar-refractivity contribution in [3.63, 3.8) is 0 Å². The van der Waals surface area contributed by atoms with Crippen LogP contribution in [0.1, 0.15) is 18.4 Å². The lowest BCUT2D eigenvalue weighted by molar-refractivity contribution is 0.337. The normalized spacial score (nSPS) is 15.4. The molecular weight excluding hydrogens is 198 g/mol. The molecule has 3 nitrogen and oxygen atoms in total. The standard InChI is InChI=1S/C13H21N3/c1-10-12(14)4-3-5-13(10)15-8-9-16(2)11-6-7-11/h3-5,11,15H,6-9,14H2,1-2H3. The van der Waals surface area contributed by atoms with Crippen molar-refractivity contribution in [2.45, 2.75) is 25.8 Å². The van der Waals surface area contributed by atoms with Gasteiger partial charge in [-0.05, 0) is 44.5 Å². The van der Waals surface area contributed by atoms with Crippen LogP contribution in [0.4, 0.5) is 11.4 Å².